The second-order valence-corrected chi connectivity index (χ2v) is 5.56. The molecule has 20 heavy (non-hydrogen) atoms. The normalized spacial score (nSPS) is 13.9. The number of nitrogens with one attached hydrogen (secondary N) is 1. The van der Waals surface area contributed by atoms with Crippen molar-refractivity contribution in [2.24, 2.45) is 0 Å². The average molecular weight is 311 g/mol. The largest absolute Gasteiger partial charge is 0.360 e. The summed E-state index contributed by atoms with van der Waals surface area (Å²) in [7, 11) is 0. The van der Waals surface area contributed by atoms with Gasteiger partial charge in [0.05, 0.1) is 10.7 Å². The summed E-state index contributed by atoms with van der Waals surface area (Å²) in [6.07, 6.45) is 3.79. The van der Waals surface area contributed by atoms with Crippen molar-refractivity contribution in [3.05, 3.63) is 45.3 Å². The van der Waals surface area contributed by atoms with Crippen LogP contribution < -0.4 is 5.32 Å². The maximum atomic E-state index is 12.3. The molecule has 3 rings (SSSR count). The first-order valence-corrected chi connectivity index (χ1v) is 7.14. The molecule has 0 spiro atoms. The Morgan fingerprint density at radius 1 is 1.25 bits per heavy atom. The van der Waals surface area contributed by atoms with Crippen LogP contribution in [0.15, 0.2) is 22.7 Å². The van der Waals surface area contributed by atoms with Gasteiger partial charge in [-0.3, -0.25) is 4.79 Å². The third-order valence-corrected chi connectivity index (χ3v) is 3.91. The Bertz CT molecular complexity index is 667. The smallest absolute Gasteiger partial charge is 0.278 e. The molecule has 0 saturated carbocycles. The Morgan fingerprint density at radius 2 is 2.05 bits per heavy atom. The van der Waals surface area contributed by atoms with Crippen LogP contribution in [0.5, 0.6) is 0 Å². The van der Waals surface area contributed by atoms with Crippen molar-refractivity contribution in [3.63, 3.8) is 0 Å². The number of carbonyl (C=O) groups excluding carboxylic acids is 1. The molecule has 1 aromatic carbocycles. The molecule has 0 aliphatic heterocycles. The molecule has 1 N–H and O–H groups in total. The highest BCUT2D eigenvalue weighted by molar-refractivity contribution is 6.35. The summed E-state index contributed by atoms with van der Waals surface area (Å²) in [6.45, 7) is 0. The van der Waals surface area contributed by atoms with Crippen LogP contribution in [0, 0.1) is 0 Å². The molecular formula is C14H12Cl2N2O2. The highest BCUT2D eigenvalue weighted by Crippen LogP contribution is 2.28. The van der Waals surface area contributed by atoms with Gasteiger partial charge in [0.1, 0.15) is 5.76 Å². The molecule has 0 saturated heterocycles. The molecule has 6 heteroatoms. The lowest BCUT2D eigenvalue weighted by Gasteiger charge is -2.10. The predicted octanol–water partition coefficient (Wildman–Crippen LogP) is 4.11. The van der Waals surface area contributed by atoms with Gasteiger partial charge in [-0.15, -0.1) is 0 Å². The van der Waals surface area contributed by atoms with E-state index in [2.05, 4.69) is 10.5 Å². The molecule has 0 atom stereocenters. The second-order valence-electron chi connectivity index (χ2n) is 4.72. The van der Waals surface area contributed by atoms with Crippen molar-refractivity contribution in [2.45, 2.75) is 25.7 Å². The molecule has 1 aliphatic carbocycles. The minimum atomic E-state index is -0.318. The number of hydrogen-bond donors (Lipinski definition) is 1. The number of aryl methyl sites for hydroxylation is 1. The Morgan fingerprint density at radius 3 is 2.90 bits per heavy atom. The third-order valence-electron chi connectivity index (χ3n) is 3.34. The van der Waals surface area contributed by atoms with Crippen molar-refractivity contribution in [2.75, 3.05) is 5.32 Å². The zero-order chi connectivity index (χ0) is 14.1. The van der Waals surface area contributed by atoms with Gasteiger partial charge in [-0.05, 0) is 37.5 Å². The highest BCUT2D eigenvalue weighted by atomic mass is 35.5. The molecule has 2 aromatic rings. The number of carbonyl (C=O) groups is 1. The summed E-state index contributed by atoms with van der Waals surface area (Å²) in [6, 6.07) is 4.91. The first-order chi connectivity index (χ1) is 9.65. The lowest BCUT2D eigenvalue weighted by atomic mass is 9.96. The number of aromatic nitrogens is 1. The maximum Gasteiger partial charge on any atom is 0.278 e. The van der Waals surface area contributed by atoms with Crippen LogP contribution >= 0.6 is 23.2 Å². The maximum absolute atomic E-state index is 12.3. The van der Waals surface area contributed by atoms with Gasteiger partial charge in [0.15, 0.2) is 5.69 Å². The first-order valence-electron chi connectivity index (χ1n) is 6.39. The van der Waals surface area contributed by atoms with Crippen LogP contribution in [0.3, 0.4) is 0 Å². The molecule has 104 valence electrons. The fourth-order valence-electron chi connectivity index (χ4n) is 2.34. The van der Waals surface area contributed by atoms with Gasteiger partial charge in [-0.1, -0.05) is 28.4 Å². The molecular weight excluding hydrogens is 299 g/mol. The van der Waals surface area contributed by atoms with E-state index in [1.54, 1.807) is 18.2 Å². The van der Waals surface area contributed by atoms with Crippen molar-refractivity contribution >= 4 is 34.8 Å². The zero-order valence-corrected chi connectivity index (χ0v) is 12.1. The van der Waals surface area contributed by atoms with Crippen molar-refractivity contribution in [1.82, 2.24) is 5.16 Å². The quantitative estimate of drug-likeness (QED) is 0.908. The number of benzene rings is 1. The summed E-state index contributed by atoms with van der Waals surface area (Å²) in [5.41, 5.74) is 1.72. The van der Waals surface area contributed by atoms with E-state index in [0.717, 1.165) is 37.0 Å². The van der Waals surface area contributed by atoms with E-state index in [-0.39, 0.29) is 5.91 Å². The number of halogens is 2. The molecule has 1 aliphatic rings. The predicted molar refractivity (Wildman–Crippen MR) is 77.6 cm³/mol. The second kappa shape index (κ2) is 5.46. The Kier molecular flexibility index (Phi) is 3.68. The van der Waals surface area contributed by atoms with E-state index in [1.165, 1.54) is 0 Å². The molecule has 0 radical (unpaired) electrons. The first kappa shape index (κ1) is 13.5. The van der Waals surface area contributed by atoms with Gasteiger partial charge in [0.2, 0.25) is 0 Å². The Labute approximate surface area is 126 Å². The third kappa shape index (κ3) is 2.53. The summed E-state index contributed by atoms with van der Waals surface area (Å²) in [5, 5.41) is 7.55. The minimum absolute atomic E-state index is 0.318. The topological polar surface area (TPSA) is 55.1 Å². The zero-order valence-electron chi connectivity index (χ0n) is 10.6. The van der Waals surface area contributed by atoms with Crippen LogP contribution in [0.25, 0.3) is 0 Å². The monoisotopic (exact) mass is 310 g/mol. The number of rotatable bonds is 2. The SMILES string of the molecule is O=C(Nc1cc(Cl)ccc1Cl)c1noc2c1CCCC2. The van der Waals surface area contributed by atoms with Gasteiger partial charge in [0, 0.05) is 17.0 Å². The van der Waals surface area contributed by atoms with E-state index in [1.807, 2.05) is 0 Å². The molecule has 1 heterocycles. The van der Waals surface area contributed by atoms with Crippen LogP contribution in [0.4, 0.5) is 5.69 Å². The van der Waals surface area contributed by atoms with Crippen molar-refractivity contribution in [3.8, 4) is 0 Å². The molecule has 0 fully saturated rings. The van der Waals surface area contributed by atoms with Gasteiger partial charge >= 0.3 is 0 Å². The fourth-order valence-corrected chi connectivity index (χ4v) is 2.67. The van der Waals surface area contributed by atoms with Gasteiger partial charge in [0.25, 0.3) is 5.91 Å². The van der Waals surface area contributed by atoms with Gasteiger partial charge in [-0.25, -0.2) is 0 Å². The Hall–Kier alpha value is -1.52. The van der Waals surface area contributed by atoms with E-state index in [4.69, 9.17) is 27.7 Å². The average Bonchev–Trinajstić information content (AvgIpc) is 2.87. The molecule has 0 bridgehead atoms. The molecule has 0 unspecified atom stereocenters. The van der Waals surface area contributed by atoms with Crippen LogP contribution in [0.1, 0.15) is 34.7 Å². The number of nitrogens with zero attached hydrogens (tertiary/aromatic N) is 1. The summed E-state index contributed by atoms with van der Waals surface area (Å²) in [5.74, 6) is 0.500. The van der Waals surface area contributed by atoms with E-state index in [9.17, 15) is 4.79 Å². The Balaban J connectivity index is 1.86. The lowest BCUT2D eigenvalue weighted by molar-refractivity contribution is 0.101. The highest BCUT2D eigenvalue weighted by Gasteiger charge is 2.24. The van der Waals surface area contributed by atoms with Crippen LogP contribution in [0.2, 0.25) is 10.0 Å². The standard InChI is InChI=1S/C14H12Cl2N2O2/c15-8-5-6-10(16)11(7-8)17-14(19)13-9-3-1-2-4-12(9)20-18-13/h5-7H,1-4H2,(H,17,19). The number of anilines is 1. The van der Waals surface area contributed by atoms with Crippen molar-refractivity contribution < 1.29 is 9.32 Å². The summed E-state index contributed by atoms with van der Waals surface area (Å²) >= 11 is 11.9. The van der Waals surface area contributed by atoms with Gasteiger partial charge in [-0.2, -0.15) is 0 Å². The van der Waals surface area contributed by atoms with Gasteiger partial charge < -0.3 is 9.84 Å². The van der Waals surface area contributed by atoms with Crippen molar-refractivity contribution in [1.29, 1.82) is 0 Å². The van der Waals surface area contributed by atoms with E-state index >= 15 is 0 Å². The summed E-state index contributed by atoms with van der Waals surface area (Å²) < 4.78 is 5.23. The van der Waals surface area contributed by atoms with Crippen LogP contribution in [-0.2, 0) is 12.8 Å². The number of amides is 1. The molecule has 1 amide bonds. The molecule has 4 nitrogen and oxygen atoms in total. The number of fused-ring (bicyclic) bond motifs is 1. The lowest BCUT2D eigenvalue weighted by Crippen LogP contribution is -2.15. The van der Waals surface area contributed by atoms with E-state index in [0.29, 0.717) is 21.4 Å². The summed E-state index contributed by atoms with van der Waals surface area (Å²) in [4.78, 5) is 12.3. The minimum Gasteiger partial charge on any atom is -0.360 e. The fraction of sp³-hybridized carbons (Fsp3) is 0.286. The number of hydrogen-bond acceptors (Lipinski definition) is 3. The molecule has 1 aromatic heterocycles. The van der Waals surface area contributed by atoms with E-state index < -0.39 is 0 Å². The van der Waals surface area contributed by atoms with Crippen LogP contribution in [-0.4, -0.2) is 11.1 Å².